The molecule has 1 aliphatic heterocycles. The van der Waals surface area contributed by atoms with E-state index in [1.165, 1.54) is 0 Å². The van der Waals surface area contributed by atoms with Crippen molar-refractivity contribution in [2.75, 3.05) is 18.0 Å². The first-order chi connectivity index (χ1) is 9.52. The van der Waals surface area contributed by atoms with E-state index >= 15 is 0 Å². The third-order valence-corrected chi connectivity index (χ3v) is 4.98. The van der Waals surface area contributed by atoms with Crippen molar-refractivity contribution in [3.8, 4) is 0 Å². The van der Waals surface area contributed by atoms with Crippen LogP contribution in [0.15, 0.2) is 24.3 Å². The number of para-hydroxylation sites is 2. The van der Waals surface area contributed by atoms with Crippen molar-refractivity contribution < 1.29 is 8.78 Å². The molecule has 0 unspecified atom stereocenters. The lowest BCUT2D eigenvalue weighted by Gasteiger charge is -2.32. The number of halogens is 2. The van der Waals surface area contributed by atoms with Crippen LogP contribution in [0.3, 0.4) is 0 Å². The summed E-state index contributed by atoms with van der Waals surface area (Å²) in [5.41, 5.74) is 1.34. The van der Waals surface area contributed by atoms with Gasteiger partial charge in [-0.1, -0.05) is 12.1 Å². The van der Waals surface area contributed by atoms with Gasteiger partial charge in [-0.2, -0.15) is 0 Å². The van der Waals surface area contributed by atoms with E-state index < -0.39 is 11.3 Å². The van der Waals surface area contributed by atoms with E-state index in [1.807, 2.05) is 31.3 Å². The molecule has 2 aliphatic rings. The van der Waals surface area contributed by atoms with Gasteiger partial charge in [-0.25, -0.2) is 13.8 Å². The second-order valence-corrected chi connectivity index (χ2v) is 6.11. The molecule has 1 saturated heterocycles. The minimum Gasteiger partial charge on any atom is -0.342 e. The van der Waals surface area contributed by atoms with Crippen molar-refractivity contribution in [2.45, 2.75) is 25.2 Å². The van der Waals surface area contributed by atoms with Crippen molar-refractivity contribution in [3.05, 3.63) is 24.3 Å². The van der Waals surface area contributed by atoms with Crippen LogP contribution in [-0.4, -0.2) is 28.6 Å². The van der Waals surface area contributed by atoms with Gasteiger partial charge in [0, 0.05) is 32.0 Å². The Morgan fingerprint density at radius 2 is 1.80 bits per heavy atom. The number of benzene rings is 1. The number of fused-ring (bicyclic) bond motifs is 1. The van der Waals surface area contributed by atoms with Crippen molar-refractivity contribution in [1.82, 2.24) is 9.55 Å². The number of imidazole rings is 1. The third kappa shape index (κ3) is 1.52. The van der Waals surface area contributed by atoms with Crippen LogP contribution in [0.4, 0.5) is 14.7 Å². The molecular weight excluding hydrogens is 260 g/mol. The Bertz CT molecular complexity index is 669. The largest absolute Gasteiger partial charge is 0.342 e. The summed E-state index contributed by atoms with van der Waals surface area (Å²) >= 11 is 0. The zero-order valence-corrected chi connectivity index (χ0v) is 11.4. The molecule has 0 amide bonds. The van der Waals surface area contributed by atoms with E-state index in [9.17, 15) is 8.78 Å². The first kappa shape index (κ1) is 12.1. The molecule has 2 fully saturated rings. The highest BCUT2D eigenvalue weighted by molar-refractivity contribution is 5.78. The van der Waals surface area contributed by atoms with Gasteiger partial charge in [0.05, 0.1) is 11.0 Å². The summed E-state index contributed by atoms with van der Waals surface area (Å²) in [6, 6.07) is 7.98. The predicted octanol–water partition coefficient (Wildman–Crippen LogP) is 3.20. The predicted molar refractivity (Wildman–Crippen MR) is 74.2 cm³/mol. The summed E-state index contributed by atoms with van der Waals surface area (Å²) in [5.74, 6) is -1.53. The van der Waals surface area contributed by atoms with Crippen LogP contribution in [-0.2, 0) is 7.05 Å². The number of rotatable bonds is 1. The number of anilines is 1. The van der Waals surface area contributed by atoms with Crippen molar-refractivity contribution in [3.63, 3.8) is 0 Å². The molecule has 4 rings (SSSR count). The van der Waals surface area contributed by atoms with Crippen LogP contribution in [0, 0.1) is 5.41 Å². The third-order valence-electron chi connectivity index (χ3n) is 4.98. The molecular formula is C15H17F2N3. The first-order valence-electron chi connectivity index (χ1n) is 7.07. The molecule has 1 spiro atoms. The first-order valence-corrected chi connectivity index (χ1v) is 7.07. The fourth-order valence-corrected chi connectivity index (χ4v) is 3.47. The topological polar surface area (TPSA) is 21.1 Å². The van der Waals surface area contributed by atoms with Crippen LogP contribution in [0.2, 0.25) is 0 Å². The Hall–Kier alpha value is -1.65. The monoisotopic (exact) mass is 277 g/mol. The molecule has 1 saturated carbocycles. The Balaban J connectivity index is 1.61. The summed E-state index contributed by atoms with van der Waals surface area (Å²) < 4.78 is 28.9. The fraction of sp³-hybridized carbons (Fsp3) is 0.533. The van der Waals surface area contributed by atoms with Gasteiger partial charge in [0.1, 0.15) is 0 Å². The van der Waals surface area contributed by atoms with Gasteiger partial charge in [-0.3, -0.25) is 0 Å². The van der Waals surface area contributed by atoms with Gasteiger partial charge in [0.15, 0.2) is 0 Å². The second kappa shape index (κ2) is 3.71. The minimum atomic E-state index is -2.43. The molecule has 0 bridgehead atoms. The number of hydrogen-bond donors (Lipinski definition) is 0. The maximum atomic E-state index is 13.4. The molecule has 1 aliphatic carbocycles. The molecule has 2 heterocycles. The average Bonchev–Trinajstić information content (AvgIpc) is 2.79. The van der Waals surface area contributed by atoms with E-state index in [4.69, 9.17) is 0 Å². The Morgan fingerprint density at radius 3 is 2.40 bits per heavy atom. The summed E-state index contributed by atoms with van der Waals surface area (Å²) in [6.07, 6.45) is 1.22. The number of alkyl halides is 2. The summed E-state index contributed by atoms with van der Waals surface area (Å²) in [7, 11) is 1.99. The van der Waals surface area contributed by atoms with Crippen LogP contribution in [0.5, 0.6) is 0 Å². The van der Waals surface area contributed by atoms with E-state index in [0.29, 0.717) is 25.9 Å². The standard InChI is InChI=1S/C15H17F2N3/c1-19-12-5-3-2-4-11(12)18-13(19)20-8-6-14(7-9-20)10-15(14,16)17/h2-5H,6-10H2,1H3. The zero-order chi connectivity index (χ0) is 14.0. The highest BCUT2D eigenvalue weighted by Gasteiger charge is 2.70. The number of aryl methyl sites for hydroxylation is 1. The number of hydrogen-bond acceptors (Lipinski definition) is 2. The van der Waals surface area contributed by atoms with Gasteiger partial charge in [-0.15, -0.1) is 0 Å². The van der Waals surface area contributed by atoms with Gasteiger partial charge < -0.3 is 9.47 Å². The van der Waals surface area contributed by atoms with Crippen LogP contribution in [0.25, 0.3) is 11.0 Å². The van der Waals surface area contributed by atoms with Crippen molar-refractivity contribution >= 4 is 17.0 Å². The lowest BCUT2D eigenvalue weighted by molar-refractivity contribution is 0.0535. The lowest BCUT2D eigenvalue weighted by atomic mass is 9.93. The molecule has 20 heavy (non-hydrogen) atoms. The summed E-state index contributed by atoms with van der Waals surface area (Å²) in [4.78, 5) is 6.78. The quantitative estimate of drug-likeness (QED) is 0.798. The number of nitrogens with zero attached hydrogens (tertiary/aromatic N) is 3. The normalized spacial score (nSPS) is 23.4. The Kier molecular flexibility index (Phi) is 2.25. The van der Waals surface area contributed by atoms with Crippen LogP contribution >= 0.6 is 0 Å². The van der Waals surface area contributed by atoms with Gasteiger partial charge in [0.2, 0.25) is 5.95 Å². The van der Waals surface area contributed by atoms with Gasteiger partial charge in [-0.05, 0) is 25.0 Å². The van der Waals surface area contributed by atoms with Gasteiger partial charge in [0.25, 0.3) is 5.92 Å². The van der Waals surface area contributed by atoms with Crippen molar-refractivity contribution in [2.24, 2.45) is 12.5 Å². The molecule has 1 aromatic carbocycles. The molecule has 0 radical (unpaired) electrons. The Morgan fingerprint density at radius 1 is 1.15 bits per heavy atom. The highest BCUT2D eigenvalue weighted by Crippen LogP contribution is 2.65. The maximum absolute atomic E-state index is 13.4. The molecule has 1 aromatic heterocycles. The smallest absolute Gasteiger partial charge is 0.254 e. The number of aromatic nitrogens is 2. The van der Waals surface area contributed by atoms with Crippen LogP contribution < -0.4 is 4.90 Å². The molecule has 106 valence electrons. The summed E-state index contributed by atoms with van der Waals surface area (Å²) in [6.45, 7) is 1.35. The highest BCUT2D eigenvalue weighted by atomic mass is 19.3. The number of piperidine rings is 1. The SMILES string of the molecule is Cn1c(N2CCC3(CC2)CC3(F)F)nc2ccccc21. The van der Waals surface area contributed by atoms with E-state index in [1.54, 1.807) is 0 Å². The molecule has 2 aromatic rings. The molecule has 0 atom stereocenters. The Labute approximate surface area is 116 Å². The van der Waals surface area contributed by atoms with E-state index in [0.717, 1.165) is 17.0 Å². The lowest BCUT2D eigenvalue weighted by Crippen LogP contribution is -2.37. The van der Waals surface area contributed by atoms with Crippen LogP contribution in [0.1, 0.15) is 19.3 Å². The molecule has 3 nitrogen and oxygen atoms in total. The summed E-state index contributed by atoms with van der Waals surface area (Å²) in [5, 5.41) is 0. The van der Waals surface area contributed by atoms with Gasteiger partial charge >= 0.3 is 0 Å². The zero-order valence-electron chi connectivity index (χ0n) is 11.4. The minimum absolute atomic E-state index is 0.0797. The van der Waals surface area contributed by atoms with Crippen molar-refractivity contribution in [1.29, 1.82) is 0 Å². The second-order valence-electron chi connectivity index (χ2n) is 6.11. The maximum Gasteiger partial charge on any atom is 0.254 e. The fourth-order valence-electron chi connectivity index (χ4n) is 3.47. The average molecular weight is 277 g/mol. The van der Waals surface area contributed by atoms with E-state index in [2.05, 4.69) is 14.5 Å². The molecule has 0 N–H and O–H groups in total. The van der Waals surface area contributed by atoms with E-state index in [-0.39, 0.29) is 6.42 Å². The molecule has 5 heteroatoms.